The van der Waals surface area contributed by atoms with Crippen molar-refractivity contribution in [2.24, 2.45) is 17.6 Å². The smallest absolute Gasteiger partial charge is 0.325 e. The summed E-state index contributed by atoms with van der Waals surface area (Å²) >= 11 is 0. The van der Waals surface area contributed by atoms with Crippen molar-refractivity contribution in [3.63, 3.8) is 0 Å². The number of amides is 5. The number of nitrogens with one attached hydrogen (secondary N) is 6. The van der Waals surface area contributed by atoms with Gasteiger partial charge in [0.05, 0.1) is 12.4 Å². The second-order valence-electron chi connectivity index (χ2n) is 13.7. The highest BCUT2D eigenvalue weighted by Gasteiger charge is 2.40. The molecule has 1 aliphatic heterocycles. The fraction of sp³-hybridized carbons (Fsp3) is 0.514. The molecule has 6 atom stereocenters. The van der Waals surface area contributed by atoms with Crippen LogP contribution in [0.5, 0.6) is 0 Å². The number of carbonyl (C=O) groups excluding carboxylic acids is 5. The summed E-state index contributed by atoms with van der Waals surface area (Å²) in [6, 6.07) is 1.23. The summed E-state index contributed by atoms with van der Waals surface area (Å²) in [4.78, 5) is 90.8. The Labute approximate surface area is 296 Å². The first-order chi connectivity index (χ1) is 24.2. The molecule has 0 spiro atoms. The molecule has 6 unspecified atom stereocenters. The van der Waals surface area contributed by atoms with Gasteiger partial charge in [-0.15, -0.1) is 0 Å². The number of rotatable bonds is 16. The quantitative estimate of drug-likeness (QED) is 0.102. The third kappa shape index (κ3) is 9.72. The first-order valence-electron chi connectivity index (χ1n) is 17.2. The monoisotopic (exact) mass is 707 g/mol. The molecule has 1 fully saturated rings. The highest BCUT2D eigenvalue weighted by Crippen LogP contribution is 2.21. The molecule has 1 aromatic carbocycles. The molecule has 16 heteroatoms. The number of imidazole rings is 1. The molecule has 0 saturated carbocycles. The Hall–Kier alpha value is -5.25. The molecule has 1 aliphatic rings. The van der Waals surface area contributed by atoms with Crippen molar-refractivity contribution in [2.45, 2.75) is 96.6 Å². The van der Waals surface area contributed by atoms with Crippen molar-refractivity contribution in [1.29, 1.82) is 0 Å². The number of carboxylic acids is 1. The number of hydrogen-bond acceptors (Lipinski definition) is 8. The van der Waals surface area contributed by atoms with Gasteiger partial charge in [0.1, 0.15) is 30.2 Å². The van der Waals surface area contributed by atoms with Gasteiger partial charge in [-0.1, -0.05) is 45.9 Å². The van der Waals surface area contributed by atoms with Crippen molar-refractivity contribution in [2.75, 3.05) is 6.54 Å². The minimum atomic E-state index is -1.21. The van der Waals surface area contributed by atoms with E-state index in [1.165, 1.54) is 24.3 Å². The molecule has 5 amide bonds. The molecule has 9 N–H and O–H groups in total. The third-order valence-electron chi connectivity index (χ3n) is 9.16. The number of carbonyl (C=O) groups is 6. The van der Waals surface area contributed by atoms with E-state index in [0.717, 1.165) is 16.5 Å². The van der Waals surface area contributed by atoms with Crippen LogP contribution in [-0.4, -0.2) is 103 Å². The molecule has 0 aliphatic carbocycles. The molecule has 0 radical (unpaired) electrons. The predicted molar refractivity (Wildman–Crippen MR) is 188 cm³/mol. The van der Waals surface area contributed by atoms with Crippen molar-refractivity contribution >= 4 is 46.4 Å². The molecular formula is C35H49N9O7. The second-order valence-corrected chi connectivity index (χ2v) is 13.7. The number of benzene rings is 1. The van der Waals surface area contributed by atoms with Gasteiger partial charge in [-0.3, -0.25) is 28.8 Å². The minimum absolute atomic E-state index is 0.00599. The summed E-state index contributed by atoms with van der Waals surface area (Å²) in [5.41, 5.74) is 8.30. The number of aromatic amines is 2. The largest absolute Gasteiger partial charge is 0.480 e. The molecule has 51 heavy (non-hydrogen) atoms. The summed E-state index contributed by atoms with van der Waals surface area (Å²) in [5.74, 6) is -4.76. The zero-order valence-corrected chi connectivity index (χ0v) is 29.6. The zero-order valence-electron chi connectivity index (χ0n) is 29.6. The molecule has 276 valence electrons. The van der Waals surface area contributed by atoms with Gasteiger partial charge in [0.2, 0.25) is 29.5 Å². The number of carboxylic acid groups (broad SMARTS) is 1. The maximum Gasteiger partial charge on any atom is 0.325 e. The van der Waals surface area contributed by atoms with E-state index in [0.29, 0.717) is 18.5 Å². The van der Waals surface area contributed by atoms with Gasteiger partial charge in [0.25, 0.3) is 0 Å². The van der Waals surface area contributed by atoms with Crippen LogP contribution in [0.15, 0.2) is 43.0 Å². The normalized spacial score (nSPS) is 17.4. The number of aromatic nitrogens is 3. The topological polar surface area (TPSA) is 244 Å². The fourth-order valence-electron chi connectivity index (χ4n) is 6.04. The van der Waals surface area contributed by atoms with E-state index < -0.39 is 77.7 Å². The molecule has 2 aromatic heterocycles. The lowest BCUT2D eigenvalue weighted by Gasteiger charge is -2.31. The maximum absolute atomic E-state index is 14.0. The molecule has 1 saturated heterocycles. The van der Waals surface area contributed by atoms with E-state index >= 15 is 0 Å². The summed E-state index contributed by atoms with van der Waals surface area (Å²) < 4.78 is 0. The lowest BCUT2D eigenvalue weighted by atomic mass is 9.99. The van der Waals surface area contributed by atoms with Gasteiger partial charge in [-0.2, -0.15) is 0 Å². The van der Waals surface area contributed by atoms with E-state index in [2.05, 4.69) is 36.2 Å². The van der Waals surface area contributed by atoms with Crippen molar-refractivity contribution in [3.05, 3.63) is 54.2 Å². The van der Waals surface area contributed by atoms with Gasteiger partial charge in [-0.05, 0) is 43.2 Å². The van der Waals surface area contributed by atoms with Gasteiger partial charge >= 0.3 is 5.97 Å². The van der Waals surface area contributed by atoms with Crippen LogP contribution in [0.1, 0.15) is 58.7 Å². The average Bonchev–Trinajstić information content (AvgIpc) is 3.87. The van der Waals surface area contributed by atoms with Crippen LogP contribution in [0.3, 0.4) is 0 Å². The number of hydrogen-bond donors (Lipinski definition) is 8. The Morgan fingerprint density at radius 1 is 0.902 bits per heavy atom. The van der Waals surface area contributed by atoms with E-state index in [9.17, 15) is 33.9 Å². The van der Waals surface area contributed by atoms with Crippen molar-refractivity contribution < 1.29 is 33.9 Å². The van der Waals surface area contributed by atoms with Crippen LogP contribution >= 0.6 is 0 Å². The molecule has 3 heterocycles. The second kappa shape index (κ2) is 17.1. The molecule has 0 bridgehead atoms. The third-order valence-corrected chi connectivity index (χ3v) is 9.16. The Morgan fingerprint density at radius 2 is 1.61 bits per heavy atom. The molecule has 4 rings (SSSR count). The van der Waals surface area contributed by atoms with Gasteiger partial charge in [0, 0.05) is 48.4 Å². The zero-order chi connectivity index (χ0) is 37.4. The van der Waals surface area contributed by atoms with Crippen molar-refractivity contribution in [1.82, 2.24) is 41.1 Å². The average molecular weight is 708 g/mol. The number of para-hydroxylation sites is 1. The Bertz CT molecular complexity index is 1700. The van der Waals surface area contributed by atoms with Crippen LogP contribution in [0.25, 0.3) is 10.9 Å². The number of fused-ring (bicyclic) bond motifs is 1. The number of aliphatic carboxylic acids is 1. The maximum atomic E-state index is 14.0. The SMILES string of the molecule is CC(NC(=O)C1CCCN1C(=O)C(Cc1cnc[nH]1)NC(=O)C(NC(=O)C(Cc1c[nH]c2ccccc12)NC(=O)C(N)C(C)C)C(C)C)C(=O)O. The summed E-state index contributed by atoms with van der Waals surface area (Å²) in [7, 11) is 0. The highest BCUT2D eigenvalue weighted by molar-refractivity contribution is 5.97. The lowest BCUT2D eigenvalue weighted by molar-refractivity contribution is -0.144. The fourth-order valence-corrected chi connectivity index (χ4v) is 6.04. The van der Waals surface area contributed by atoms with Crippen LogP contribution < -0.4 is 27.0 Å². The van der Waals surface area contributed by atoms with Gasteiger partial charge in [-0.25, -0.2) is 4.98 Å². The van der Waals surface area contributed by atoms with Gasteiger partial charge in [0.15, 0.2) is 0 Å². The standard InChI is InChI=1S/C35H49N9O7/c1-18(2)28(36)32(47)41-25(13-21-15-38-24-10-7-6-9-23(21)24)30(45)43-29(19(3)4)33(48)42-26(14-22-16-37-17-39-22)34(49)44-12-8-11-27(44)31(46)40-20(5)35(50)51/h6-7,9-10,15-20,25-29,38H,8,11-14,36H2,1-5H3,(H,37,39)(H,40,46)(H,41,47)(H,42,48)(H,43,45)(H,50,51). The Kier molecular flexibility index (Phi) is 12.9. The van der Waals surface area contributed by atoms with Crippen LogP contribution in [0, 0.1) is 11.8 Å². The summed E-state index contributed by atoms with van der Waals surface area (Å²) in [5, 5.41) is 20.9. The molecular weight excluding hydrogens is 658 g/mol. The first-order valence-corrected chi connectivity index (χ1v) is 17.2. The molecule has 16 nitrogen and oxygen atoms in total. The van der Waals surface area contributed by atoms with E-state index in [-0.39, 0.29) is 25.3 Å². The van der Waals surface area contributed by atoms with Crippen LogP contribution in [-0.2, 0) is 41.6 Å². The van der Waals surface area contributed by atoms with Crippen LogP contribution in [0.2, 0.25) is 0 Å². The van der Waals surface area contributed by atoms with E-state index in [4.69, 9.17) is 5.73 Å². The molecule has 3 aromatic rings. The van der Waals surface area contributed by atoms with Crippen LogP contribution in [0.4, 0.5) is 0 Å². The Morgan fingerprint density at radius 3 is 2.25 bits per heavy atom. The minimum Gasteiger partial charge on any atom is -0.480 e. The van der Waals surface area contributed by atoms with Gasteiger partial charge < -0.3 is 47.0 Å². The number of likely N-dealkylation sites (tertiary alicyclic amines) is 1. The number of H-pyrrole nitrogens is 2. The predicted octanol–water partition coefficient (Wildman–Crippen LogP) is 0.350. The Balaban J connectivity index is 1.56. The lowest BCUT2D eigenvalue weighted by Crippen LogP contribution is -2.61. The van der Waals surface area contributed by atoms with E-state index in [1.54, 1.807) is 33.9 Å². The highest BCUT2D eigenvalue weighted by atomic mass is 16.4. The summed E-state index contributed by atoms with van der Waals surface area (Å²) in [6.45, 7) is 8.63. The number of nitrogens with zero attached hydrogens (tertiary/aromatic N) is 2. The summed E-state index contributed by atoms with van der Waals surface area (Å²) in [6.07, 6.45) is 5.66. The van der Waals surface area contributed by atoms with E-state index in [1.807, 2.05) is 24.3 Å². The number of nitrogens with two attached hydrogens (primary N) is 1. The first kappa shape index (κ1) is 38.6. The van der Waals surface area contributed by atoms with Crippen molar-refractivity contribution in [3.8, 4) is 0 Å².